The van der Waals surface area contributed by atoms with Crippen molar-refractivity contribution in [3.63, 3.8) is 0 Å². The monoisotopic (exact) mass is 1030 g/mol. The molecule has 0 aliphatic rings. The van der Waals surface area contributed by atoms with Gasteiger partial charge in [0.2, 0.25) is 5.91 Å². The van der Waals surface area contributed by atoms with E-state index in [2.05, 4.69) is 31.3 Å². The van der Waals surface area contributed by atoms with Crippen LogP contribution >= 0.6 is 0 Å². The summed E-state index contributed by atoms with van der Waals surface area (Å²) >= 11 is 0. The number of allylic oxidation sites excluding steroid dienone is 3. The van der Waals surface area contributed by atoms with E-state index in [-0.39, 0.29) is 18.5 Å². The van der Waals surface area contributed by atoms with Gasteiger partial charge in [-0.3, -0.25) is 9.59 Å². The van der Waals surface area contributed by atoms with E-state index in [0.29, 0.717) is 19.4 Å². The van der Waals surface area contributed by atoms with Crippen molar-refractivity contribution in [3.8, 4) is 0 Å². The quantitative estimate of drug-likeness (QED) is 0.0320. The van der Waals surface area contributed by atoms with Gasteiger partial charge in [-0.2, -0.15) is 0 Å². The van der Waals surface area contributed by atoms with Crippen LogP contribution in [0.3, 0.4) is 0 Å². The molecule has 0 bridgehead atoms. The van der Waals surface area contributed by atoms with E-state index in [9.17, 15) is 19.8 Å². The number of hydrogen-bond acceptors (Lipinski definition) is 5. The highest BCUT2D eigenvalue weighted by Crippen LogP contribution is 2.18. The van der Waals surface area contributed by atoms with E-state index < -0.39 is 12.1 Å². The molecule has 0 rings (SSSR count). The molecule has 0 fully saturated rings. The molecule has 6 heteroatoms. The van der Waals surface area contributed by atoms with E-state index in [0.717, 1.165) is 38.5 Å². The zero-order valence-electron chi connectivity index (χ0n) is 49.4. The highest BCUT2D eigenvalue weighted by atomic mass is 16.5. The minimum Gasteiger partial charge on any atom is -0.466 e. The summed E-state index contributed by atoms with van der Waals surface area (Å²) in [5.41, 5.74) is 0. The summed E-state index contributed by atoms with van der Waals surface area (Å²) < 4.78 is 5.47. The maximum Gasteiger partial charge on any atom is 0.305 e. The fourth-order valence-electron chi connectivity index (χ4n) is 10.4. The van der Waals surface area contributed by atoms with Crippen LogP contribution in [0.4, 0.5) is 0 Å². The molecule has 0 radical (unpaired) electrons. The lowest BCUT2D eigenvalue weighted by atomic mass is 10.0. The first-order chi connectivity index (χ1) is 36.0. The second-order valence-electron chi connectivity index (χ2n) is 22.8. The number of carbonyl (C=O) groups excluding carboxylic acids is 2. The van der Waals surface area contributed by atoms with Gasteiger partial charge >= 0.3 is 5.97 Å². The highest BCUT2D eigenvalue weighted by Gasteiger charge is 2.18. The molecule has 0 aliphatic carbocycles. The lowest BCUT2D eigenvalue weighted by molar-refractivity contribution is -0.143. The lowest BCUT2D eigenvalue weighted by Gasteiger charge is -2.20. The van der Waals surface area contributed by atoms with Crippen molar-refractivity contribution in [1.82, 2.24) is 5.32 Å². The third kappa shape index (κ3) is 59.4. The smallest absolute Gasteiger partial charge is 0.305 e. The molecule has 0 aliphatic heterocycles. The Balaban J connectivity index is 3.38. The fraction of sp³-hybridized carbons (Fsp3) is 0.910. The summed E-state index contributed by atoms with van der Waals surface area (Å²) in [6, 6.07) is -0.626. The molecule has 1 amide bonds. The third-order valence-electron chi connectivity index (χ3n) is 15.5. The molecule has 6 nitrogen and oxygen atoms in total. The van der Waals surface area contributed by atoms with Crippen LogP contribution in [0.25, 0.3) is 0 Å². The van der Waals surface area contributed by atoms with E-state index in [1.165, 1.54) is 302 Å². The molecule has 0 aromatic carbocycles. The second kappa shape index (κ2) is 62.9. The van der Waals surface area contributed by atoms with E-state index in [1.807, 2.05) is 6.08 Å². The number of nitrogens with one attached hydrogen (secondary N) is 1. The van der Waals surface area contributed by atoms with Crippen molar-refractivity contribution in [3.05, 3.63) is 24.3 Å². The molecule has 0 aromatic rings. The Bertz CT molecular complexity index is 1140. The lowest BCUT2D eigenvalue weighted by Crippen LogP contribution is -2.45. The van der Waals surface area contributed by atoms with Crippen molar-refractivity contribution in [2.75, 3.05) is 13.2 Å². The Morgan fingerprint density at radius 1 is 0.370 bits per heavy atom. The number of aliphatic hydroxyl groups is 2. The summed E-state index contributed by atoms with van der Waals surface area (Å²) in [6.45, 7) is 4.92. The first-order valence-electron chi connectivity index (χ1n) is 33.1. The summed E-state index contributed by atoms with van der Waals surface area (Å²) in [7, 11) is 0. The maximum absolute atomic E-state index is 12.5. The van der Waals surface area contributed by atoms with E-state index in [4.69, 9.17) is 4.74 Å². The van der Waals surface area contributed by atoms with Crippen LogP contribution in [0.15, 0.2) is 24.3 Å². The number of amides is 1. The zero-order chi connectivity index (χ0) is 52.9. The number of hydrogen-bond donors (Lipinski definition) is 3. The molecule has 0 saturated carbocycles. The minimum atomic E-state index is -0.843. The van der Waals surface area contributed by atoms with Gasteiger partial charge in [-0.25, -0.2) is 0 Å². The van der Waals surface area contributed by atoms with Gasteiger partial charge in [0.1, 0.15) is 0 Å². The molecule has 2 atom stereocenters. The average molecular weight is 1030 g/mol. The van der Waals surface area contributed by atoms with Gasteiger partial charge in [-0.15, -0.1) is 0 Å². The van der Waals surface area contributed by atoms with Gasteiger partial charge in [0.25, 0.3) is 0 Å². The maximum atomic E-state index is 12.5. The summed E-state index contributed by atoms with van der Waals surface area (Å²) in [5.74, 6) is -0.0475. The minimum absolute atomic E-state index is 0.0168. The molecule has 73 heavy (non-hydrogen) atoms. The fourth-order valence-corrected chi connectivity index (χ4v) is 10.4. The molecular formula is C67H129NO5. The summed E-state index contributed by atoms with van der Waals surface area (Å²) in [6.07, 6.45) is 78.2. The molecule has 0 aromatic heterocycles. The van der Waals surface area contributed by atoms with Crippen LogP contribution in [0.2, 0.25) is 0 Å². The summed E-state index contributed by atoms with van der Waals surface area (Å²) in [5, 5.41) is 23.1. The molecule has 3 N–H and O–H groups in total. The zero-order valence-corrected chi connectivity index (χ0v) is 49.4. The number of esters is 1. The SMILES string of the molecule is CCCCCCCCCCCCCCC/C=C/C(O)C(CO)NC(=O)CCCCCCCCCCCCCCCC/C=C\CCCCCCCCCCCCCCOC(=O)CCCCCCCCCCCCC. The Morgan fingerprint density at radius 3 is 0.973 bits per heavy atom. The Morgan fingerprint density at radius 2 is 0.644 bits per heavy atom. The number of rotatable bonds is 62. The number of ether oxygens (including phenoxy) is 1. The van der Waals surface area contributed by atoms with Gasteiger partial charge in [-0.1, -0.05) is 321 Å². The molecule has 0 saturated heterocycles. The predicted octanol–water partition coefficient (Wildman–Crippen LogP) is 21.0. The number of aliphatic hydroxyl groups excluding tert-OH is 2. The van der Waals surface area contributed by atoms with Crippen molar-refractivity contribution in [2.24, 2.45) is 0 Å². The Labute approximate surface area is 456 Å². The van der Waals surface area contributed by atoms with E-state index >= 15 is 0 Å². The van der Waals surface area contributed by atoms with Gasteiger partial charge < -0.3 is 20.3 Å². The number of unbranched alkanes of at least 4 members (excludes halogenated alkanes) is 49. The van der Waals surface area contributed by atoms with Crippen LogP contribution in [-0.4, -0.2) is 47.4 Å². The molecular weight excluding hydrogens is 899 g/mol. The normalized spacial score (nSPS) is 12.7. The van der Waals surface area contributed by atoms with Crippen LogP contribution in [-0.2, 0) is 14.3 Å². The Hall–Kier alpha value is -1.66. The van der Waals surface area contributed by atoms with E-state index in [1.54, 1.807) is 6.08 Å². The van der Waals surface area contributed by atoms with Crippen LogP contribution < -0.4 is 5.32 Å². The molecule has 0 heterocycles. The molecule has 432 valence electrons. The van der Waals surface area contributed by atoms with Gasteiger partial charge in [0.05, 0.1) is 25.4 Å². The van der Waals surface area contributed by atoms with Crippen molar-refractivity contribution < 1.29 is 24.5 Å². The Kier molecular flexibility index (Phi) is 61.4. The molecule has 0 spiro atoms. The second-order valence-corrected chi connectivity index (χ2v) is 22.8. The van der Waals surface area contributed by atoms with Gasteiger partial charge in [0.15, 0.2) is 0 Å². The van der Waals surface area contributed by atoms with Crippen LogP contribution in [0, 0.1) is 0 Å². The highest BCUT2D eigenvalue weighted by molar-refractivity contribution is 5.76. The van der Waals surface area contributed by atoms with Gasteiger partial charge in [0, 0.05) is 12.8 Å². The molecule has 2 unspecified atom stereocenters. The predicted molar refractivity (Wildman–Crippen MR) is 320 cm³/mol. The van der Waals surface area contributed by atoms with Gasteiger partial charge in [-0.05, 0) is 57.8 Å². The van der Waals surface area contributed by atoms with Crippen LogP contribution in [0.5, 0.6) is 0 Å². The van der Waals surface area contributed by atoms with Crippen molar-refractivity contribution in [2.45, 2.75) is 379 Å². The largest absolute Gasteiger partial charge is 0.466 e. The summed E-state index contributed by atoms with van der Waals surface area (Å²) in [4.78, 5) is 24.5. The number of carbonyl (C=O) groups is 2. The standard InChI is InChI=1S/C67H129NO5/c1-3-5-7-9-11-13-15-16-33-36-40-43-47-51-55-59-65(70)64(63-69)68-66(71)60-56-52-48-44-41-37-34-31-29-27-25-23-21-19-17-18-20-22-24-26-28-30-32-35-38-42-46-50-54-58-62-73-67(72)61-57-53-49-45-39-14-12-10-8-6-4-2/h18,20,55,59,64-65,69-70H,3-17,19,21-54,56-58,60-63H2,1-2H3,(H,68,71)/b20-18-,59-55+. The first-order valence-corrected chi connectivity index (χ1v) is 33.1. The van der Waals surface area contributed by atoms with Crippen LogP contribution in [0.1, 0.15) is 367 Å². The van der Waals surface area contributed by atoms with Crippen molar-refractivity contribution in [1.29, 1.82) is 0 Å². The average Bonchev–Trinajstić information content (AvgIpc) is 3.39. The third-order valence-corrected chi connectivity index (χ3v) is 15.5. The topological polar surface area (TPSA) is 95.9 Å². The van der Waals surface area contributed by atoms with Crippen molar-refractivity contribution >= 4 is 11.9 Å². The first kappa shape index (κ1) is 71.3.